The molecule has 0 atom stereocenters. The summed E-state index contributed by atoms with van der Waals surface area (Å²) in [7, 11) is 0. The van der Waals surface area contributed by atoms with Gasteiger partial charge in [0.05, 0.1) is 0 Å². The quantitative estimate of drug-likeness (QED) is 0.707. The number of aromatic nitrogens is 2. The Labute approximate surface area is 78.0 Å². The average Bonchev–Trinajstić information content (AvgIpc) is 2.50. The molecule has 0 spiro atoms. The van der Waals surface area contributed by atoms with Gasteiger partial charge in [-0.1, -0.05) is 13.8 Å². The lowest BCUT2D eigenvalue weighted by Crippen LogP contribution is -1.94. The van der Waals surface area contributed by atoms with Crippen molar-refractivity contribution in [1.29, 1.82) is 0 Å². The van der Waals surface area contributed by atoms with Crippen molar-refractivity contribution in [2.45, 2.75) is 26.7 Å². The highest BCUT2D eigenvalue weighted by Crippen LogP contribution is 2.26. The third kappa shape index (κ3) is 1.22. The third-order valence-corrected chi connectivity index (χ3v) is 2.40. The van der Waals surface area contributed by atoms with E-state index in [1.807, 2.05) is 12.4 Å². The fraction of sp³-hybridized carbons (Fsp3) is 0.364. The molecule has 2 nitrogen and oxygen atoms in total. The van der Waals surface area contributed by atoms with Gasteiger partial charge in [-0.3, -0.25) is 0 Å². The van der Waals surface area contributed by atoms with Gasteiger partial charge in [0, 0.05) is 17.8 Å². The summed E-state index contributed by atoms with van der Waals surface area (Å²) in [6, 6.07) is 2.10. The van der Waals surface area contributed by atoms with Crippen LogP contribution in [0, 0.1) is 6.92 Å². The van der Waals surface area contributed by atoms with E-state index in [0.717, 1.165) is 5.65 Å². The molecule has 68 valence electrons. The molecule has 0 saturated heterocycles. The topological polar surface area (TPSA) is 28.7 Å². The molecule has 0 aromatic carbocycles. The molecular formula is C11H14N2. The van der Waals surface area contributed by atoms with Crippen LogP contribution in [0.5, 0.6) is 0 Å². The second kappa shape index (κ2) is 2.87. The zero-order valence-corrected chi connectivity index (χ0v) is 8.26. The summed E-state index contributed by atoms with van der Waals surface area (Å²) in [6.07, 6.45) is 3.89. The first-order valence-electron chi connectivity index (χ1n) is 4.62. The van der Waals surface area contributed by atoms with Crippen LogP contribution in [0.15, 0.2) is 18.5 Å². The lowest BCUT2D eigenvalue weighted by molar-refractivity contribution is 0.864. The predicted octanol–water partition coefficient (Wildman–Crippen LogP) is 2.99. The van der Waals surface area contributed by atoms with Crippen LogP contribution in [0.4, 0.5) is 0 Å². The van der Waals surface area contributed by atoms with Gasteiger partial charge in [-0.2, -0.15) is 0 Å². The fourth-order valence-electron chi connectivity index (χ4n) is 1.89. The number of hydrogen-bond donors (Lipinski definition) is 1. The summed E-state index contributed by atoms with van der Waals surface area (Å²) in [5, 5.41) is 1.26. The number of nitrogens with one attached hydrogen (secondary N) is 1. The minimum absolute atomic E-state index is 0.557. The molecule has 13 heavy (non-hydrogen) atoms. The predicted molar refractivity (Wildman–Crippen MR) is 54.9 cm³/mol. The van der Waals surface area contributed by atoms with Gasteiger partial charge >= 0.3 is 0 Å². The number of hydrogen-bond acceptors (Lipinski definition) is 1. The Morgan fingerprint density at radius 1 is 1.38 bits per heavy atom. The van der Waals surface area contributed by atoms with Gasteiger partial charge < -0.3 is 4.98 Å². The van der Waals surface area contributed by atoms with Gasteiger partial charge in [-0.05, 0) is 30.0 Å². The molecule has 2 heterocycles. The number of nitrogens with zero attached hydrogens (tertiary/aromatic N) is 1. The minimum atomic E-state index is 0.557. The second-order valence-corrected chi connectivity index (χ2v) is 3.75. The summed E-state index contributed by atoms with van der Waals surface area (Å²) in [5.41, 5.74) is 3.68. The van der Waals surface area contributed by atoms with Crippen molar-refractivity contribution in [2.24, 2.45) is 0 Å². The lowest BCUT2D eigenvalue weighted by Gasteiger charge is -2.10. The van der Waals surface area contributed by atoms with Crippen LogP contribution in [-0.2, 0) is 0 Å². The highest BCUT2D eigenvalue weighted by Gasteiger charge is 2.09. The molecule has 0 aliphatic heterocycles. The molecule has 0 saturated carbocycles. The van der Waals surface area contributed by atoms with Crippen molar-refractivity contribution in [1.82, 2.24) is 9.97 Å². The molecule has 2 aromatic rings. The zero-order valence-electron chi connectivity index (χ0n) is 8.26. The van der Waals surface area contributed by atoms with Crippen LogP contribution >= 0.6 is 0 Å². The van der Waals surface area contributed by atoms with Crippen molar-refractivity contribution in [3.05, 3.63) is 29.6 Å². The molecule has 0 bridgehead atoms. The summed E-state index contributed by atoms with van der Waals surface area (Å²) < 4.78 is 0. The Kier molecular flexibility index (Phi) is 1.83. The monoisotopic (exact) mass is 174 g/mol. The van der Waals surface area contributed by atoms with Crippen molar-refractivity contribution in [3.8, 4) is 0 Å². The molecule has 2 aromatic heterocycles. The van der Waals surface area contributed by atoms with Crippen LogP contribution < -0.4 is 0 Å². The van der Waals surface area contributed by atoms with E-state index < -0.39 is 0 Å². The summed E-state index contributed by atoms with van der Waals surface area (Å²) in [4.78, 5) is 7.46. The number of fused-ring (bicyclic) bond motifs is 1. The average molecular weight is 174 g/mol. The van der Waals surface area contributed by atoms with Gasteiger partial charge in [0.25, 0.3) is 0 Å². The fourth-order valence-corrected chi connectivity index (χ4v) is 1.89. The highest BCUT2D eigenvalue weighted by molar-refractivity contribution is 5.80. The van der Waals surface area contributed by atoms with Gasteiger partial charge in [0.15, 0.2) is 0 Å². The summed E-state index contributed by atoms with van der Waals surface area (Å²) in [5.74, 6) is 0.557. The van der Waals surface area contributed by atoms with Crippen LogP contribution in [0.3, 0.4) is 0 Å². The SMILES string of the molecule is Cc1cnc2[nH]ccc2c1C(C)C. The Bertz CT molecular complexity index is 427. The molecule has 0 fully saturated rings. The zero-order chi connectivity index (χ0) is 9.42. The van der Waals surface area contributed by atoms with E-state index in [1.165, 1.54) is 16.5 Å². The first-order valence-corrected chi connectivity index (χ1v) is 4.62. The lowest BCUT2D eigenvalue weighted by atomic mass is 9.97. The van der Waals surface area contributed by atoms with E-state index in [4.69, 9.17) is 0 Å². The van der Waals surface area contributed by atoms with Crippen LogP contribution in [-0.4, -0.2) is 9.97 Å². The van der Waals surface area contributed by atoms with Gasteiger partial charge in [-0.15, -0.1) is 0 Å². The molecule has 2 heteroatoms. The number of aromatic amines is 1. The Balaban J connectivity index is 2.80. The van der Waals surface area contributed by atoms with E-state index in [0.29, 0.717) is 5.92 Å². The smallest absolute Gasteiger partial charge is 0.137 e. The molecule has 2 rings (SSSR count). The number of aryl methyl sites for hydroxylation is 1. The molecular weight excluding hydrogens is 160 g/mol. The van der Waals surface area contributed by atoms with E-state index in [-0.39, 0.29) is 0 Å². The van der Waals surface area contributed by atoms with Crippen molar-refractivity contribution >= 4 is 11.0 Å². The van der Waals surface area contributed by atoms with E-state index in [1.54, 1.807) is 0 Å². The summed E-state index contributed by atoms with van der Waals surface area (Å²) in [6.45, 7) is 6.55. The van der Waals surface area contributed by atoms with Crippen molar-refractivity contribution in [3.63, 3.8) is 0 Å². The van der Waals surface area contributed by atoms with E-state index >= 15 is 0 Å². The van der Waals surface area contributed by atoms with E-state index in [9.17, 15) is 0 Å². The number of rotatable bonds is 1. The van der Waals surface area contributed by atoms with Crippen molar-refractivity contribution < 1.29 is 0 Å². The first kappa shape index (κ1) is 8.30. The molecule has 0 aliphatic carbocycles. The number of pyridine rings is 1. The van der Waals surface area contributed by atoms with Gasteiger partial charge in [-0.25, -0.2) is 4.98 Å². The normalized spacial score (nSPS) is 11.4. The third-order valence-electron chi connectivity index (χ3n) is 2.40. The van der Waals surface area contributed by atoms with Crippen molar-refractivity contribution in [2.75, 3.05) is 0 Å². The van der Waals surface area contributed by atoms with Crippen LogP contribution in [0.1, 0.15) is 30.9 Å². The maximum absolute atomic E-state index is 4.33. The van der Waals surface area contributed by atoms with Gasteiger partial charge in [0.1, 0.15) is 5.65 Å². The maximum Gasteiger partial charge on any atom is 0.137 e. The molecule has 1 N–H and O–H groups in total. The largest absolute Gasteiger partial charge is 0.346 e. The van der Waals surface area contributed by atoms with Crippen LogP contribution in [0.25, 0.3) is 11.0 Å². The molecule has 0 radical (unpaired) electrons. The summed E-state index contributed by atoms with van der Waals surface area (Å²) >= 11 is 0. The standard InChI is InChI=1S/C11H14N2/c1-7(2)10-8(3)6-13-11-9(10)4-5-12-11/h4-7H,1-3H3,(H,12,13). The first-order chi connectivity index (χ1) is 6.20. The molecule has 0 amide bonds. The Morgan fingerprint density at radius 2 is 2.15 bits per heavy atom. The highest BCUT2D eigenvalue weighted by atomic mass is 14.8. The molecule has 0 unspecified atom stereocenters. The van der Waals surface area contributed by atoms with Crippen LogP contribution in [0.2, 0.25) is 0 Å². The van der Waals surface area contributed by atoms with E-state index in [2.05, 4.69) is 36.8 Å². The van der Waals surface area contributed by atoms with Gasteiger partial charge in [0.2, 0.25) is 0 Å². The second-order valence-electron chi connectivity index (χ2n) is 3.75. The number of H-pyrrole nitrogens is 1. The Hall–Kier alpha value is -1.31. The maximum atomic E-state index is 4.33. The molecule has 0 aliphatic rings. The Morgan fingerprint density at radius 3 is 2.85 bits per heavy atom. The minimum Gasteiger partial charge on any atom is -0.346 e.